The SMILES string of the molecule is CCCNC(=O)C(C)NS(=O)(=O)c1cc(OC)ccc1OC. The van der Waals surface area contributed by atoms with Crippen LogP contribution < -0.4 is 19.5 Å². The molecule has 1 aromatic carbocycles. The molecule has 0 bridgehead atoms. The van der Waals surface area contributed by atoms with Crippen LogP contribution in [0, 0.1) is 0 Å². The molecule has 22 heavy (non-hydrogen) atoms. The molecule has 1 amide bonds. The Balaban J connectivity index is 3.01. The van der Waals surface area contributed by atoms with E-state index in [1.54, 1.807) is 6.07 Å². The fourth-order valence-corrected chi connectivity index (χ4v) is 3.13. The normalized spacial score (nSPS) is 12.5. The van der Waals surface area contributed by atoms with Crippen LogP contribution in [0.5, 0.6) is 11.5 Å². The maximum atomic E-state index is 12.4. The van der Waals surface area contributed by atoms with E-state index in [9.17, 15) is 13.2 Å². The number of methoxy groups -OCH3 is 2. The molecule has 0 spiro atoms. The summed E-state index contributed by atoms with van der Waals surface area (Å²) in [7, 11) is -1.11. The van der Waals surface area contributed by atoms with Crippen LogP contribution in [0.25, 0.3) is 0 Å². The summed E-state index contributed by atoms with van der Waals surface area (Å²) in [6.07, 6.45) is 0.773. The van der Waals surface area contributed by atoms with Crippen molar-refractivity contribution < 1.29 is 22.7 Å². The number of amides is 1. The third-order valence-electron chi connectivity index (χ3n) is 2.93. The Hall–Kier alpha value is -1.80. The van der Waals surface area contributed by atoms with Gasteiger partial charge in [-0.25, -0.2) is 8.42 Å². The van der Waals surface area contributed by atoms with Crippen LogP contribution in [0.2, 0.25) is 0 Å². The predicted octanol–water partition coefficient (Wildman–Crippen LogP) is 0.897. The van der Waals surface area contributed by atoms with Gasteiger partial charge in [-0.3, -0.25) is 4.79 Å². The van der Waals surface area contributed by atoms with Crippen LogP contribution in [-0.2, 0) is 14.8 Å². The number of rotatable bonds is 8. The highest BCUT2D eigenvalue weighted by Crippen LogP contribution is 2.28. The second-order valence-corrected chi connectivity index (χ2v) is 6.33. The molecule has 8 heteroatoms. The van der Waals surface area contributed by atoms with Gasteiger partial charge in [0.2, 0.25) is 15.9 Å². The van der Waals surface area contributed by atoms with E-state index in [-0.39, 0.29) is 16.6 Å². The Bertz CT molecular complexity index is 616. The Morgan fingerprint density at radius 2 is 1.95 bits per heavy atom. The van der Waals surface area contributed by atoms with Gasteiger partial charge in [0, 0.05) is 12.6 Å². The van der Waals surface area contributed by atoms with Crippen molar-refractivity contribution in [3.05, 3.63) is 18.2 Å². The highest BCUT2D eigenvalue weighted by Gasteiger charge is 2.25. The molecule has 0 fully saturated rings. The summed E-state index contributed by atoms with van der Waals surface area (Å²) in [4.78, 5) is 11.7. The number of carbonyl (C=O) groups excluding carboxylic acids is 1. The molecule has 2 N–H and O–H groups in total. The smallest absolute Gasteiger partial charge is 0.245 e. The molecule has 0 aliphatic rings. The maximum Gasteiger partial charge on any atom is 0.245 e. The third kappa shape index (κ3) is 4.60. The number of carbonyl (C=O) groups is 1. The number of sulfonamides is 1. The van der Waals surface area contributed by atoms with Gasteiger partial charge in [0.05, 0.1) is 20.3 Å². The number of benzene rings is 1. The summed E-state index contributed by atoms with van der Waals surface area (Å²) in [6, 6.07) is 3.54. The van der Waals surface area contributed by atoms with Gasteiger partial charge < -0.3 is 14.8 Å². The lowest BCUT2D eigenvalue weighted by Gasteiger charge is -2.16. The minimum Gasteiger partial charge on any atom is -0.497 e. The van der Waals surface area contributed by atoms with Crippen molar-refractivity contribution in [1.82, 2.24) is 10.0 Å². The lowest BCUT2D eigenvalue weighted by molar-refractivity contribution is -0.122. The first-order valence-electron chi connectivity index (χ1n) is 6.87. The third-order valence-corrected chi connectivity index (χ3v) is 4.50. The molecule has 1 atom stereocenters. The first-order chi connectivity index (χ1) is 10.4. The number of hydrogen-bond donors (Lipinski definition) is 2. The van der Waals surface area contributed by atoms with E-state index in [0.717, 1.165) is 6.42 Å². The Morgan fingerprint density at radius 1 is 1.27 bits per heavy atom. The van der Waals surface area contributed by atoms with Gasteiger partial charge >= 0.3 is 0 Å². The lowest BCUT2D eigenvalue weighted by Crippen LogP contribution is -2.44. The molecule has 1 unspecified atom stereocenters. The second kappa shape index (κ2) is 8.00. The van der Waals surface area contributed by atoms with Crippen molar-refractivity contribution in [2.75, 3.05) is 20.8 Å². The zero-order valence-corrected chi connectivity index (χ0v) is 14.0. The summed E-state index contributed by atoms with van der Waals surface area (Å²) in [6.45, 7) is 3.89. The highest BCUT2D eigenvalue weighted by atomic mass is 32.2. The second-order valence-electron chi connectivity index (χ2n) is 4.65. The van der Waals surface area contributed by atoms with Gasteiger partial charge in [0.25, 0.3) is 0 Å². The van der Waals surface area contributed by atoms with Crippen molar-refractivity contribution in [2.45, 2.75) is 31.2 Å². The summed E-state index contributed by atoms with van der Waals surface area (Å²) < 4.78 is 37.3. The Kier molecular flexibility index (Phi) is 6.63. The summed E-state index contributed by atoms with van der Waals surface area (Å²) in [5.41, 5.74) is 0. The molecule has 0 saturated carbocycles. The fraction of sp³-hybridized carbons (Fsp3) is 0.500. The van der Waals surface area contributed by atoms with E-state index in [0.29, 0.717) is 12.3 Å². The van der Waals surface area contributed by atoms with Crippen LogP contribution in [0.15, 0.2) is 23.1 Å². The van der Waals surface area contributed by atoms with E-state index in [4.69, 9.17) is 9.47 Å². The van der Waals surface area contributed by atoms with Crippen molar-refractivity contribution in [3.63, 3.8) is 0 Å². The van der Waals surface area contributed by atoms with Gasteiger partial charge in [0.1, 0.15) is 16.4 Å². The van der Waals surface area contributed by atoms with Crippen LogP contribution >= 0.6 is 0 Å². The molecule has 0 aliphatic heterocycles. The molecule has 7 nitrogen and oxygen atoms in total. The van der Waals surface area contributed by atoms with Crippen molar-refractivity contribution in [3.8, 4) is 11.5 Å². The minimum atomic E-state index is -3.92. The molecule has 1 rings (SSSR count). The van der Waals surface area contributed by atoms with Crippen molar-refractivity contribution in [1.29, 1.82) is 0 Å². The number of hydrogen-bond acceptors (Lipinski definition) is 5. The van der Waals surface area contributed by atoms with E-state index >= 15 is 0 Å². The first-order valence-corrected chi connectivity index (χ1v) is 8.36. The lowest BCUT2D eigenvalue weighted by atomic mass is 10.3. The number of ether oxygens (including phenoxy) is 2. The molecule has 124 valence electrons. The summed E-state index contributed by atoms with van der Waals surface area (Å²) in [5, 5.41) is 2.64. The van der Waals surface area contributed by atoms with Crippen LogP contribution in [0.3, 0.4) is 0 Å². The average Bonchev–Trinajstić information content (AvgIpc) is 2.51. The van der Waals surface area contributed by atoms with Crippen LogP contribution in [0.4, 0.5) is 0 Å². The van der Waals surface area contributed by atoms with Gasteiger partial charge in [-0.1, -0.05) is 6.92 Å². The molecule has 0 saturated heterocycles. The van der Waals surface area contributed by atoms with E-state index in [1.165, 1.54) is 33.3 Å². The van der Waals surface area contributed by atoms with Crippen molar-refractivity contribution in [2.24, 2.45) is 0 Å². The molecule has 0 aliphatic carbocycles. The van der Waals surface area contributed by atoms with E-state index < -0.39 is 16.1 Å². The van der Waals surface area contributed by atoms with Gasteiger partial charge in [-0.15, -0.1) is 0 Å². The maximum absolute atomic E-state index is 12.4. The van der Waals surface area contributed by atoms with E-state index in [1.807, 2.05) is 6.92 Å². The molecule has 0 aromatic heterocycles. The molecular formula is C14H22N2O5S. The standard InChI is InChI=1S/C14H22N2O5S/c1-5-8-15-14(17)10(2)16-22(18,19)13-9-11(20-3)6-7-12(13)21-4/h6-7,9-10,16H,5,8H2,1-4H3,(H,15,17). The summed E-state index contributed by atoms with van der Waals surface area (Å²) >= 11 is 0. The molecule has 1 aromatic rings. The molecule has 0 radical (unpaired) electrons. The average molecular weight is 330 g/mol. The van der Waals surface area contributed by atoms with Gasteiger partial charge in [-0.05, 0) is 25.5 Å². The van der Waals surface area contributed by atoms with Gasteiger partial charge in [-0.2, -0.15) is 4.72 Å². The van der Waals surface area contributed by atoms with Gasteiger partial charge in [0.15, 0.2) is 0 Å². The molecular weight excluding hydrogens is 308 g/mol. The highest BCUT2D eigenvalue weighted by molar-refractivity contribution is 7.89. The van der Waals surface area contributed by atoms with Crippen molar-refractivity contribution >= 4 is 15.9 Å². The quantitative estimate of drug-likeness (QED) is 0.738. The topological polar surface area (TPSA) is 93.7 Å². The fourth-order valence-electron chi connectivity index (χ4n) is 1.75. The minimum absolute atomic E-state index is 0.0792. The largest absolute Gasteiger partial charge is 0.497 e. The number of nitrogens with one attached hydrogen (secondary N) is 2. The van der Waals surface area contributed by atoms with Crippen LogP contribution in [0.1, 0.15) is 20.3 Å². The Labute approximate surface area is 131 Å². The molecule has 0 heterocycles. The van der Waals surface area contributed by atoms with E-state index in [2.05, 4.69) is 10.0 Å². The Morgan fingerprint density at radius 3 is 2.50 bits per heavy atom. The monoisotopic (exact) mass is 330 g/mol. The zero-order chi connectivity index (χ0) is 16.8. The predicted molar refractivity (Wildman–Crippen MR) is 82.6 cm³/mol. The zero-order valence-electron chi connectivity index (χ0n) is 13.2. The van der Waals surface area contributed by atoms with Crippen LogP contribution in [-0.4, -0.2) is 41.1 Å². The first kappa shape index (κ1) is 18.2. The summed E-state index contributed by atoms with van der Waals surface area (Å²) in [5.74, 6) is 0.172.